The first kappa shape index (κ1) is 15.6. The van der Waals surface area contributed by atoms with E-state index in [-0.39, 0.29) is 11.9 Å². The van der Waals surface area contributed by atoms with E-state index in [4.69, 9.17) is 23.2 Å². The highest BCUT2D eigenvalue weighted by atomic mass is 35.5. The predicted molar refractivity (Wildman–Crippen MR) is 83.3 cm³/mol. The molecule has 20 heavy (non-hydrogen) atoms. The molecule has 0 saturated carbocycles. The van der Waals surface area contributed by atoms with E-state index in [1.54, 1.807) is 12.1 Å². The van der Waals surface area contributed by atoms with Gasteiger partial charge in [-0.15, -0.1) is 0 Å². The number of carbonyl (C=O) groups excluding carboxylic acids is 1. The van der Waals surface area contributed by atoms with Crippen LogP contribution in [-0.4, -0.2) is 24.5 Å². The van der Waals surface area contributed by atoms with E-state index in [1.165, 1.54) is 0 Å². The maximum atomic E-state index is 12.2. The van der Waals surface area contributed by atoms with E-state index >= 15 is 0 Å². The Morgan fingerprint density at radius 2 is 2.10 bits per heavy atom. The Hall–Kier alpha value is -0.770. The summed E-state index contributed by atoms with van der Waals surface area (Å²) in [5.41, 5.74) is 0.876. The fourth-order valence-electron chi connectivity index (χ4n) is 2.68. The van der Waals surface area contributed by atoms with Gasteiger partial charge in [-0.25, -0.2) is 0 Å². The maximum absolute atomic E-state index is 12.2. The van der Waals surface area contributed by atoms with Crippen molar-refractivity contribution in [1.29, 1.82) is 0 Å². The zero-order valence-electron chi connectivity index (χ0n) is 11.7. The summed E-state index contributed by atoms with van der Waals surface area (Å²) in [5, 5.41) is 7.51. The van der Waals surface area contributed by atoms with Gasteiger partial charge in [0.25, 0.3) is 0 Å². The van der Waals surface area contributed by atoms with Gasteiger partial charge in [-0.2, -0.15) is 0 Å². The zero-order chi connectivity index (χ0) is 14.7. The molecule has 1 aliphatic rings. The van der Waals surface area contributed by atoms with Gasteiger partial charge in [-0.3, -0.25) is 4.79 Å². The van der Waals surface area contributed by atoms with Gasteiger partial charge in [0.2, 0.25) is 5.91 Å². The summed E-state index contributed by atoms with van der Waals surface area (Å²) in [5.74, 6) is 0.514. The minimum Gasteiger partial charge on any atom is -0.351 e. The van der Waals surface area contributed by atoms with Crippen molar-refractivity contribution in [3.05, 3.63) is 33.8 Å². The van der Waals surface area contributed by atoms with Crippen LogP contribution in [0.25, 0.3) is 0 Å². The lowest BCUT2D eigenvalue weighted by Gasteiger charge is -2.36. The fraction of sp³-hybridized carbons (Fsp3) is 0.533. The Kier molecular flexibility index (Phi) is 5.30. The van der Waals surface area contributed by atoms with Crippen molar-refractivity contribution in [2.24, 2.45) is 5.92 Å². The van der Waals surface area contributed by atoms with Crippen molar-refractivity contribution in [2.75, 3.05) is 6.54 Å². The number of piperidine rings is 1. The van der Waals surface area contributed by atoms with Gasteiger partial charge in [-0.1, -0.05) is 36.2 Å². The number of rotatable bonds is 3. The molecule has 0 aromatic heterocycles. The van der Waals surface area contributed by atoms with Crippen LogP contribution in [0.1, 0.15) is 25.8 Å². The topological polar surface area (TPSA) is 41.1 Å². The van der Waals surface area contributed by atoms with Crippen molar-refractivity contribution in [3.63, 3.8) is 0 Å². The molecule has 3 nitrogen and oxygen atoms in total. The number of nitrogens with one attached hydrogen (secondary N) is 2. The Bertz CT molecular complexity index is 483. The van der Waals surface area contributed by atoms with Gasteiger partial charge < -0.3 is 10.6 Å². The molecular weight excluding hydrogens is 295 g/mol. The largest absolute Gasteiger partial charge is 0.351 e. The Morgan fingerprint density at radius 1 is 1.35 bits per heavy atom. The molecule has 1 saturated heterocycles. The second-order valence-corrected chi connectivity index (χ2v) is 6.34. The average molecular weight is 315 g/mol. The SMILES string of the molecule is CC1CCNC(C)C1NC(=O)Cc1ccc(Cl)c(Cl)c1. The zero-order valence-corrected chi connectivity index (χ0v) is 13.3. The quantitative estimate of drug-likeness (QED) is 0.900. The third-order valence-corrected chi connectivity index (χ3v) is 4.63. The Balaban J connectivity index is 1.96. The van der Waals surface area contributed by atoms with Crippen molar-refractivity contribution < 1.29 is 4.79 Å². The van der Waals surface area contributed by atoms with Gasteiger partial charge in [0.1, 0.15) is 0 Å². The molecule has 0 radical (unpaired) electrons. The molecule has 0 aliphatic carbocycles. The number of hydrogen-bond acceptors (Lipinski definition) is 2. The Morgan fingerprint density at radius 3 is 2.75 bits per heavy atom. The first-order chi connectivity index (χ1) is 9.47. The number of halogens is 2. The molecule has 1 fully saturated rings. The van der Waals surface area contributed by atoms with Crippen LogP contribution in [0, 0.1) is 5.92 Å². The first-order valence-corrected chi connectivity index (χ1v) is 7.69. The lowest BCUT2D eigenvalue weighted by atomic mass is 9.89. The Labute approximate surface area is 130 Å². The average Bonchev–Trinajstić information content (AvgIpc) is 2.38. The minimum atomic E-state index is 0.0239. The van der Waals surface area contributed by atoms with Crippen molar-refractivity contribution in [1.82, 2.24) is 10.6 Å². The summed E-state index contributed by atoms with van der Waals surface area (Å²) in [6, 6.07) is 5.78. The third-order valence-electron chi connectivity index (χ3n) is 3.89. The van der Waals surface area contributed by atoms with E-state index in [2.05, 4.69) is 24.5 Å². The molecule has 1 aromatic carbocycles. The summed E-state index contributed by atoms with van der Waals surface area (Å²) in [6.45, 7) is 5.31. The van der Waals surface area contributed by atoms with Gasteiger partial charge in [0.15, 0.2) is 0 Å². The van der Waals surface area contributed by atoms with Crippen LogP contribution in [0.3, 0.4) is 0 Å². The normalized spacial score (nSPS) is 26.3. The molecule has 110 valence electrons. The van der Waals surface area contributed by atoms with Crippen LogP contribution in [0.4, 0.5) is 0 Å². The first-order valence-electron chi connectivity index (χ1n) is 6.94. The lowest BCUT2D eigenvalue weighted by molar-refractivity contribution is -0.121. The molecule has 0 spiro atoms. The van der Waals surface area contributed by atoms with E-state index < -0.39 is 0 Å². The van der Waals surface area contributed by atoms with Crippen molar-refractivity contribution >= 4 is 29.1 Å². The second-order valence-electron chi connectivity index (χ2n) is 5.53. The molecule has 3 atom stereocenters. The van der Waals surface area contributed by atoms with Crippen molar-refractivity contribution in [3.8, 4) is 0 Å². The molecular formula is C15H20Cl2N2O. The van der Waals surface area contributed by atoms with Gasteiger partial charge in [0.05, 0.1) is 16.5 Å². The summed E-state index contributed by atoms with van der Waals surface area (Å²) >= 11 is 11.8. The summed E-state index contributed by atoms with van der Waals surface area (Å²) in [7, 11) is 0. The molecule has 1 aliphatic heterocycles. The van der Waals surface area contributed by atoms with Crippen LogP contribution in [-0.2, 0) is 11.2 Å². The number of hydrogen-bond donors (Lipinski definition) is 2. The highest BCUT2D eigenvalue weighted by Crippen LogP contribution is 2.23. The van der Waals surface area contributed by atoms with Crippen molar-refractivity contribution in [2.45, 2.75) is 38.8 Å². The molecule has 3 unspecified atom stereocenters. The third kappa shape index (κ3) is 3.87. The van der Waals surface area contributed by atoms with Gasteiger partial charge >= 0.3 is 0 Å². The van der Waals surface area contributed by atoms with Crippen LogP contribution >= 0.6 is 23.2 Å². The number of benzene rings is 1. The molecule has 2 rings (SSSR count). The summed E-state index contributed by atoms with van der Waals surface area (Å²) in [4.78, 5) is 12.2. The number of carbonyl (C=O) groups is 1. The van der Waals surface area contributed by atoms with E-state index in [1.807, 2.05) is 6.07 Å². The summed E-state index contributed by atoms with van der Waals surface area (Å²) < 4.78 is 0. The monoisotopic (exact) mass is 314 g/mol. The highest BCUT2D eigenvalue weighted by molar-refractivity contribution is 6.42. The van der Waals surface area contributed by atoms with E-state index in [9.17, 15) is 4.79 Å². The highest BCUT2D eigenvalue weighted by Gasteiger charge is 2.28. The molecule has 1 aromatic rings. The van der Waals surface area contributed by atoms with Crippen LogP contribution in [0.2, 0.25) is 10.0 Å². The molecule has 1 amide bonds. The smallest absolute Gasteiger partial charge is 0.224 e. The minimum absolute atomic E-state index is 0.0239. The van der Waals surface area contributed by atoms with Crippen LogP contribution in [0.15, 0.2) is 18.2 Å². The molecule has 1 heterocycles. The van der Waals surface area contributed by atoms with Crippen LogP contribution < -0.4 is 10.6 Å². The lowest BCUT2D eigenvalue weighted by Crippen LogP contribution is -2.56. The number of amides is 1. The second kappa shape index (κ2) is 6.79. The summed E-state index contributed by atoms with van der Waals surface area (Å²) in [6.07, 6.45) is 1.41. The predicted octanol–water partition coefficient (Wildman–Crippen LogP) is 3.04. The van der Waals surface area contributed by atoms with E-state index in [0.29, 0.717) is 28.4 Å². The fourth-order valence-corrected chi connectivity index (χ4v) is 3.00. The molecule has 2 N–H and O–H groups in total. The standard InChI is InChI=1S/C15H20Cl2N2O/c1-9-5-6-18-10(2)15(9)19-14(20)8-11-3-4-12(16)13(17)7-11/h3-4,7,9-10,15,18H,5-6,8H2,1-2H3,(H,19,20). The van der Waals surface area contributed by atoms with Gasteiger partial charge in [0, 0.05) is 12.1 Å². The maximum Gasteiger partial charge on any atom is 0.224 e. The van der Waals surface area contributed by atoms with E-state index in [0.717, 1.165) is 18.5 Å². The molecule has 0 bridgehead atoms. The molecule has 5 heteroatoms. The van der Waals surface area contributed by atoms with Gasteiger partial charge in [-0.05, 0) is 43.5 Å². The van der Waals surface area contributed by atoms with Crippen LogP contribution in [0.5, 0.6) is 0 Å².